The Morgan fingerprint density at radius 1 is 1.26 bits per heavy atom. The molecule has 0 aromatic carbocycles. The van der Waals surface area contributed by atoms with Crippen molar-refractivity contribution in [1.29, 1.82) is 0 Å². The lowest BCUT2D eigenvalue weighted by Gasteiger charge is -2.18. The Morgan fingerprint density at radius 2 is 2.09 bits per heavy atom. The number of rotatable bonds is 3. The van der Waals surface area contributed by atoms with Gasteiger partial charge in [-0.2, -0.15) is 18.5 Å². The minimum Gasteiger partial charge on any atom is -0.381 e. The van der Waals surface area contributed by atoms with Crippen molar-refractivity contribution in [2.75, 3.05) is 13.2 Å². The van der Waals surface area contributed by atoms with Gasteiger partial charge in [-0.3, -0.25) is 4.68 Å². The molecule has 0 bridgehead atoms. The van der Waals surface area contributed by atoms with Gasteiger partial charge < -0.3 is 4.74 Å². The van der Waals surface area contributed by atoms with Crippen LogP contribution >= 0.6 is 11.7 Å². The highest BCUT2D eigenvalue weighted by Crippen LogP contribution is 2.29. The summed E-state index contributed by atoms with van der Waals surface area (Å²) in [5.74, 6) is 2.75. The number of nitrogens with zero attached hydrogens (tertiary/aromatic N) is 7. The minimum absolute atomic E-state index is 0.323. The zero-order valence-electron chi connectivity index (χ0n) is 13.0. The van der Waals surface area contributed by atoms with Crippen molar-refractivity contribution in [2.45, 2.75) is 25.7 Å². The first-order valence-electron chi connectivity index (χ1n) is 7.56. The number of hydrogen-bond acceptors (Lipinski definition) is 7. The minimum atomic E-state index is 0.323. The highest BCUT2D eigenvalue weighted by Gasteiger charge is 2.25. The second-order valence-corrected chi connectivity index (χ2v) is 6.13. The van der Waals surface area contributed by atoms with Gasteiger partial charge in [-0.15, -0.1) is 5.10 Å². The molecule has 120 valence electrons. The van der Waals surface area contributed by atoms with Crippen LogP contribution in [0.15, 0.2) is 12.3 Å². The largest absolute Gasteiger partial charge is 0.381 e. The van der Waals surface area contributed by atoms with Crippen molar-refractivity contribution < 1.29 is 4.74 Å². The molecule has 23 heavy (non-hydrogen) atoms. The molecule has 4 heterocycles. The van der Waals surface area contributed by atoms with Gasteiger partial charge in [0.05, 0.1) is 23.6 Å². The summed E-state index contributed by atoms with van der Waals surface area (Å²) >= 11 is 1.19. The molecule has 4 rings (SSSR count). The maximum absolute atomic E-state index is 5.44. The van der Waals surface area contributed by atoms with Crippen molar-refractivity contribution in [3.63, 3.8) is 0 Å². The van der Waals surface area contributed by atoms with Crippen molar-refractivity contribution in [3.05, 3.63) is 23.8 Å². The molecule has 1 aliphatic rings. The van der Waals surface area contributed by atoms with Crippen LogP contribution in [0.4, 0.5) is 0 Å². The predicted molar refractivity (Wildman–Crippen MR) is 84.6 cm³/mol. The van der Waals surface area contributed by atoms with Crippen LogP contribution in [0.1, 0.15) is 30.3 Å². The van der Waals surface area contributed by atoms with Crippen molar-refractivity contribution in [3.8, 4) is 17.3 Å². The van der Waals surface area contributed by atoms with E-state index in [2.05, 4.69) is 13.8 Å². The van der Waals surface area contributed by atoms with Crippen LogP contribution in [0.25, 0.3) is 17.3 Å². The fraction of sp³-hybridized carbons (Fsp3) is 0.500. The summed E-state index contributed by atoms with van der Waals surface area (Å²) in [4.78, 5) is 4.79. The molecule has 0 N–H and O–H groups in total. The van der Waals surface area contributed by atoms with Crippen molar-refractivity contribution in [2.24, 2.45) is 7.05 Å². The molecule has 0 saturated carbocycles. The third-order valence-electron chi connectivity index (χ3n) is 4.09. The van der Waals surface area contributed by atoms with Crippen LogP contribution in [-0.2, 0) is 11.8 Å². The molecule has 1 aliphatic heterocycles. The molecule has 0 unspecified atom stereocenters. The predicted octanol–water partition coefficient (Wildman–Crippen LogP) is 1.72. The molecule has 0 radical (unpaired) electrons. The highest BCUT2D eigenvalue weighted by molar-refractivity contribution is 6.99. The molecule has 3 aromatic heterocycles. The van der Waals surface area contributed by atoms with Gasteiger partial charge in [0.1, 0.15) is 5.69 Å². The summed E-state index contributed by atoms with van der Waals surface area (Å²) in [6.07, 6.45) is 3.65. The van der Waals surface area contributed by atoms with E-state index in [1.54, 1.807) is 10.9 Å². The molecule has 0 atom stereocenters. The molecular formula is C14H17N7OS. The van der Waals surface area contributed by atoms with Crippen molar-refractivity contribution in [1.82, 2.24) is 33.3 Å². The first kappa shape index (κ1) is 14.5. The van der Waals surface area contributed by atoms with Gasteiger partial charge in [-0.25, -0.2) is 4.98 Å². The Morgan fingerprint density at radius 3 is 2.74 bits per heavy atom. The Balaban J connectivity index is 1.84. The zero-order valence-corrected chi connectivity index (χ0v) is 13.8. The summed E-state index contributed by atoms with van der Waals surface area (Å²) in [7, 11) is 1.89. The quantitative estimate of drug-likeness (QED) is 0.727. The van der Waals surface area contributed by atoms with Gasteiger partial charge in [0.25, 0.3) is 0 Å². The Bertz CT molecular complexity index is 757. The maximum atomic E-state index is 5.44. The maximum Gasteiger partial charge on any atom is 0.186 e. The second-order valence-electron chi connectivity index (χ2n) is 5.60. The zero-order chi connectivity index (χ0) is 15.8. The molecule has 9 heteroatoms. The lowest BCUT2D eigenvalue weighted by atomic mass is 10.00. The van der Waals surface area contributed by atoms with Crippen LogP contribution in [0, 0.1) is 6.92 Å². The van der Waals surface area contributed by atoms with Crippen LogP contribution in [0.5, 0.6) is 0 Å². The van der Waals surface area contributed by atoms with Gasteiger partial charge in [0.15, 0.2) is 17.5 Å². The van der Waals surface area contributed by atoms with Gasteiger partial charge in [-0.1, -0.05) is 0 Å². The molecule has 8 nitrogen and oxygen atoms in total. The Kier molecular flexibility index (Phi) is 3.66. The summed E-state index contributed by atoms with van der Waals surface area (Å²) in [6.45, 7) is 3.46. The van der Waals surface area contributed by atoms with Gasteiger partial charge in [0.2, 0.25) is 0 Å². The van der Waals surface area contributed by atoms with E-state index in [-0.39, 0.29) is 0 Å². The molecule has 3 aromatic rings. The first-order chi connectivity index (χ1) is 11.2. The lowest BCUT2D eigenvalue weighted by Crippen LogP contribution is -2.15. The topological polar surface area (TPSA) is 83.5 Å². The van der Waals surface area contributed by atoms with E-state index in [0.717, 1.165) is 54.9 Å². The standard InChI is InChI=1S/C14H17N7OS/c1-9-12(19-23-18-9)14-16-13(10-4-7-22-8-5-10)17-21(14)11-3-6-15-20(11)2/h3,6,10H,4-5,7-8H2,1-2H3. The average Bonchev–Trinajstić information content (AvgIpc) is 3.27. The molecule has 0 amide bonds. The van der Waals surface area contributed by atoms with E-state index in [9.17, 15) is 0 Å². The number of aryl methyl sites for hydroxylation is 2. The molecule has 1 fully saturated rings. The molecule has 0 aliphatic carbocycles. The molecule has 0 spiro atoms. The van der Waals surface area contributed by atoms with Crippen LogP contribution in [0.2, 0.25) is 0 Å². The Labute approximate surface area is 137 Å². The normalized spacial score (nSPS) is 16.1. The number of hydrogen-bond donors (Lipinski definition) is 0. The smallest absolute Gasteiger partial charge is 0.186 e. The second kappa shape index (κ2) is 5.82. The van der Waals surface area contributed by atoms with Gasteiger partial charge in [-0.05, 0) is 19.8 Å². The summed E-state index contributed by atoms with van der Waals surface area (Å²) in [5.41, 5.74) is 1.64. The van der Waals surface area contributed by atoms with E-state index in [1.165, 1.54) is 11.7 Å². The van der Waals surface area contributed by atoms with E-state index < -0.39 is 0 Å². The number of ether oxygens (including phenoxy) is 1. The van der Waals surface area contributed by atoms with Crippen LogP contribution in [-0.4, -0.2) is 46.5 Å². The van der Waals surface area contributed by atoms with E-state index in [1.807, 2.05) is 24.7 Å². The highest BCUT2D eigenvalue weighted by atomic mass is 32.1. The average molecular weight is 331 g/mol. The lowest BCUT2D eigenvalue weighted by molar-refractivity contribution is 0.0836. The van der Waals surface area contributed by atoms with Gasteiger partial charge >= 0.3 is 0 Å². The summed E-state index contributed by atoms with van der Waals surface area (Å²) in [5, 5.41) is 8.99. The molecular weight excluding hydrogens is 314 g/mol. The third kappa shape index (κ3) is 2.55. The SMILES string of the molecule is Cc1nsnc1-c1nc(C2CCOCC2)nn1-c1ccnn1C. The number of aromatic nitrogens is 7. The van der Waals surface area contributed by atoms with Crippen molar-refractivity contribution >= 4 is 11.7 Å². The fourth-order valence-electron chi connectivity index (χ4n) is 2.78. The fourth-order valence-corrected chi connectivity index (χ4v) is 3.32. The first-order valence-corrected chi connectivity index (χ1v) is 8.29. The Hall–Kier alpha value is -2.13. The summed E-state index contributed by atoms with van der Waals surface area (Å²) < 4.78 is 17.7. The third-order valence-corrected chi connectivity index (χ3v) is 4.71. The van der Waals surface area contributed by atoms with Crippen LogP contribution in [0.3, 0.4) is 0 Å². The van der Waals surface area contributed by atoms with Crippen LogP contribution < -0.4 is 0 Å². The van der Waals surface area contributed by atoms with E-state index in [4.69, 9.17) is 14.8 Å². The van der Waals surface area contributed by atoms with E-state index in [0.29, 0.717) is 5.92 Å². The molecule has 1 saturated heterocycles. The van der Waals surface area contributed by atoms with E-state index >= 15 is 0 Å². The van der Waals surface area contributed by atoms with Gasteiger partial charge in [0, 0.05) is 32.2 Å². The summed E-state index contributed by atoms with van der Waals surface area (Å²) in [6, 6.07) is 1.92. The monoisotopic (exact) mass is 331 g/mol.